The van der Waals surface area contributed by atoms with Crippen LogP contribution in [0.1, 0.15) is 30.6 Å². The van der Waals surface area contributed by atoms with Gasteiger partial charge >= 0.3 is 0 Å². The number of hydrogen-bond donors (Lipinski definition) is 1. The number of ether oxygens (including phenoxy) is 1. The first-order valence-corrected chi connectivity index (χ1v) is 7.64. The highest BCUT2D eigenvalue weighted by atomic mass is 79.9. The molecule has 0 radical (unpaired) electrons. The van der Waals surface area contributed by atoms with E-state index in [1.807, 2.05) is 36.4 Å². The zero-order chi connectivity index (χ0) is 14.5. The van der Waals surface area contributed by atoms with Crippen LogP contribution < -0.4 is 10.5 Å². The molecule has 2 nitrogen and oxygen atoms in total. The predicted octanol–water partition coefficient (Wildman–Crippen LogP) is 4.61. The van der Waals surface area contributed by atoms with Crippen molar-refractivity contribution in [2.45, 2.75) is 32.4 Å². The molecule has 0 aliphatic heterocycles. The highest BCUT2D eigenvalue weighted by molar-refractivity contribution is 9.10. The highest BCUT2D eigenvalue weighted by Gasteiger charge is 2.22. The van der Waals surface area contributed by atoms with Gasteiger partial charge in [-0.05, 0) is 37.1 Å². The molecule has 2 aromatic carbocycles. The van der Waals surface area contributed by atoms with E-state index >= 15 is 0 Å². The molecule has 2 atom stereocenters. The fourth-order valence-corrected chi connectivity index (χ4v) is 2.65. The van der Waals surface area contributed by atoms with Gasteiger partial charge in [0.15, 0.2) is 0 Å². The molecule has 0 aromatic heterocycles. The standard InChI is InChI=1S/C17H20BrNO/c1-3-16(19)17(14-9-4-5-10-15(14)18)20-13-8-6-7-12(2)11-13/h4-11,16-17H,3,19H2,1-2H3. The first kappa shape index (κ1) is 15.1. The van der Waals surface area contributed by atoms with Gasteiger partial charge in [-0.15, -0.1) is 0 Å². The number of rotatable bonds is 5. The minimum absolute atomic E-state index is 0.0470. The molecule has 0 heterocycles. The number of nitrogens with two attached hydrogens (primary N) is 1. The first-order chi connectivity index (χ1) is 9.61. The van der Waals surface area contributed by atoms with Crippen LogP contribution in [-0.2, 0) is 0 Å². The molecule has 2 aromatic rings. The lowest BCUT2D eigenvalue weighted by Crippen LogP contribution is -2.31. The van der Waals surface area contributed by atoms with Crippen molar-refractivity contribution in [1.29, 1.82) is 0 Å². The molecule has 0 spiro atoms. The Bertz CT molecular complexity index is 570. The van der Waals surface area contributed by atoms with Gasteiger partial charge in [0, 0.05) is 16.1 Å². The first-order valence-electron chi connectivity index (χ1n) is 6.85. The monoisotopic (exact) mass is 333 g/mol. The summed E-state index contributed by atoms with van der Waals surface area (Å²) in [6.07, 6.45) is 0.704. The average molecular weight is 334 g/mol. The molecule has 3 heteroatoms. The summed E-state index contributed by atoms with van der Waals surface area (Å²) < 4.78 is 7.19. The summed E-state index contributed by atoms with van der Waals surface area (Å²) in [6.45, 7) is 4.13. The average Bonchev–Trinajstić information content (AvgIpc) is 2.45. The fourth-order valence-electron chi connectivity index (χ4n) is 2.14. The minimum atomic E-state index is -0.155. The third-order valence-corrected chi connectivity index (χ3v) is 4.05. The van der Waals surface area contributed by atoms with Crippen molar-refractivity contribution in [3.8, 4) is 5.75 Å². The molecule has 106 valence electrons. The summed E-state index contributed by atoms with van der Waals surface area (Å²) in [4.78, 5) is 0. The maximum Gasteiger partial charge on any atom is 0.140 e. The Labute approximate surface area is 129 Å². The van der Waals surface area contributed by atoms with Crippen LogP contribution in [0.4, 0.5) is 0 Å². The van der Waals surface area contributed by atoms with Crippen LogP contribution in [0.25, 0.3) is 0 Å². The molecular formula is C17H20BrNO. The second kappa shape index (κ2) is 6.91. The molecule has 0 aliphatic carbocycles. The lowest BCUT2D eigenvalue weighted by Gasteiger charge is -2.25. The summed E-state index contributed by atoms with van der Waals surface area (Å²) in [6, 6.07) is 16.1. The molecule has 0 bridgehead atoms. The zero-order valence-corrected chi connectivity index (χ0v) is 13.4. The maximum absolute atomic E-state index is 6.26. The number of hydrogen-bond acceptors (Lipinski definition) is 2. The molecule has 20 heavy (non-hydrogen) atoms. The van der Waals surface area contributed by atoms with E-state index in [-0.39, 0.29) is 12.1 Å². The summed E-state index contributed by atoms with van der Waals surface area (Å²) >= 11 is 3.59. The Kier molecular flexibility index (Phi) is 5.21. The molecule has 2 rings (SSSR count). The van der Waals surface area contributed by atoms with Crippen LogP contribution in [0.5, 0.6) is 5.75 Å². The summed E-state index contributed by atoms with van der Waals surface area (Å²) in [5.41, 5.74) is 8.52. The van der Waals surface area contributed by atoms with Gasteiger partial charge in [-0.25, -0.2) is 0 Å². The molecule has 0 saturated carbocycles. The molecule has 0 saturated heterocycles. The van der Waals surface area contributed by atoms with Crippen molar-refractivity contribution in [3.05, 3.63) is 64.1 Å². The number of halogens is 1. The van der Waals surface area contributed by atoms with Gasteiger partial charge in [0.1, 0.15) is 11.9 Å². The quantitative estimate of drug-likeness (QED) is 0.866. The zero-order valence-electron chi connectivity index (χ0n) is 11.8. The second-order valence-corrected chi connectivity index (χ2v) is 5.80. The second-order valence-electron chi connectivity index (χ2n) is 4.95. The third-order valence-electron chi connectivity index (χ3n) is 3.32. The van der Waals surface area contributed by atoms with Crippen LogP contribution in [0.15, 0.2) is 53.0 Å². The number of benzene rings is 2. The van der Waals surface area contributed by atoms with Gasteiger partial charge in [-0.1, -0.05) is 53.2 Å². The van der Waals surface area contributed by atoms with Crippen molar-refractivity contribution in [3.63, 3.8) is 0 Å². The van der Waals surface area contributed by atoms with Crippen LogP contribution in [-0.4, -0.2) is 6.04 Å². The molecule has 0 amide bonds. The van der Waals surface area contributed by atoms with E-state index in [4.69, 9.17) is 10.5 Å². The van der Waals surface area contributed by atoms with Crippen LogP contribution in [0, 0.1) is 6.92 Å². The molecule has 0 fully saturated rings. The van der Waals surface area contributed by atoms with Crippen molar-refractivity contribution >= 4 is 15.9 Å². The number of aryl methyl sites for hydroxylation is 1. The van der Waals surface area contributed by atoms with Gasteiger partial charge < -0.3 is 10.5 Å². The normalized spacial score (nSPS) is 13.8. The van der Waals surface area contributed by atoms with Crippen molar-refractivity contribution in [2.24, 2.45) is 5.73 Å². The fraction of sp³-hybridized carbons (Fsp3) is 0.294. The Hall–Kier alpha value is -1.32. The van der Waals surface area contributed by atoms with Crippen molar-refractivity contribution < 1.29 is 4.74 Å². The maximum atomic E-state index is 6.26. The molecule has 2 N–H and O–H groups in total. The van der Waals surface area contributed by atoms with E-state index in [2.05, 4.69) is 41.9 Å². The van der Waals surface area contributed by atoms with Crippen molar-refractivity contribution in [2.75, 3.05) is 0 Å². The van der Waals surface area contributed by atoms with Crippen LogP contribution in [0.2, 0.25) is 0 Å². The van der Waals surface area contributed by atoms with E-state index < -0.39 is 0 Å². The lowest BCUT2D eigenvalue weighted by molar-refractivity contribution is 0.170. The molecule has 2 unspecified atom stereocenters. The van der Waals surface area contributed by atoms with Gasteiger partial charge in [0.05, 0.1) is 0 Å². The van der Waals surface area contributed by atoms with E-state index in [9.17, 15) is 0 Å². The van der Waals surface area contributed by atoms with E-state index in [1.165, 1.54) is 5.56 Å². The Morgan fingerprint density at radius 3 is 2.55 bits per heavy atom. The minimum Gasteiger partial charge on any atom is -0.484 e. The van der Waals surface area contributed by atoms with Gasteiger partial charge in [-0.2, -0.15) is 0 Å². The van der Waals surface area contributed by atoms with Crippen molar-refractivity contribution in [1.82, 2.24) is 0 Å². The molecule has 0 aliphatic rings. The predicted molar refractivity (Wildman–Crippen MR) is 87.0 cm³/mol. The molecular weight excluding hydrogens is 314 g/mol. The summed E-state index contributed by atoms with van der Waals surface area (Å²) in [5.74, 6) is 0.856. The third kappa shape index (κ3) is 3.62. The van der Waals surface area contributed by atoms with Gasteiger partial charge in [0.2, 0.25) is 0 Å². The van der Waals surface area contributed by atoms with Crippen LogP contribution >= 0.6 is 15.9 Å². The Morgan fingerprint density at radius 1 is 1.15 bits per heavy atom. The SMILES string of the molecule is CCC(N)C(Oc1cccc(C)c1)c1ccccc1Br. The smallest absolute Gasteiger partial charge is 0.140 e. The summed E-state index contributed by atoms with van der Waals surface area (Å²) in [5, 5.41) is 0. The van der Waals surface area contributed by atoms with E-state index in [0.717, 1.165) is 22.2 Å². The van der Waals surface area contributed by atoms with Gasteiger partial charge in [-0.3, -0.25) is 0 Å². The van der Waals surface area contributed by atoms with E-state index in [0.29, 0.717) is 0 Å². The Balaban J connectivity index is 2.32. The topological polar surface area (TPSA) is 35.2 Å². The largest absolute Gasteiger partial charge is 0.484 e. The van der Waals surface area contributed by atoms with E-state index in [1.54, 1.807) is 0 Å². The van der Waals surface area contributed by atoms with Crippen LogP contribution in [0.3, 0.4) is 0 Å². The highest BCUT2D eigenvalue weighted by Crippen LogP contribution is 2.30. The Morgan fingerprint density at radius 2 is 1.90 bits per heavy atom. The lowest BCUT2D eigenvalue weighted by atomic mass is 10.0. The van der Waals surface area contributed by atoms with Gasteiger partial charge in [0.25, 0.3) is 0 Å². The summed E-state index contributed by atoms with van der Waals surface area (Å²) in [7, 11) is 0.